The van der Waals surface area contributed by atoms with Gasteiger partial charge in [0.25, 0.3) is 0 Å². The van der Waals surface area contributed by atoms with Crippen LogP contribution in [0.3, 0.4) is 0 Å². The lowest BCUT2D eigenvalue weighted by molar-refractivity contribution is -0.118. The lowest BCUT2D eigenvalue weighted by atomic mass is 10.2. The number of hydrogen-bond donors (Lipinski definition) is 0. The van der Waals surface area contributed by atoms with Crippen molar-refractivity contribution >= 4 is 21.6 Å². The van der Waals surface area contributed by atoms with Gasteiger partial charge in [-0.25, -0.2) is 12.8 Å². The maximum Gasteiger partial charge on any atom is 0.242 e. The molecule has 2 aromatic rings. The number of likely N-dealkylation sites (N-methyl/N-ethyl adjacent to an activating group) is 1. The third-order valence-electron chi connectivity index (χ3n) is 3.77. The van der Waals surface area contributed by atoms with Crippen molar-refractivity contribution in [1.29, 1.82) is 0 Å². The Morgan fingerprint density at radius 1 is 1.04 bits per heavy atom. The Balaban J connectivity index is 2.22. The Morgan fingerprint density at radius 2 is 1.64 bits per heavy atom. The Morgan fingerprint density at radius 3 is 2.20 bits per heavy atom. The molecular weight excluding hydrogens is 343 g/mol. The minimum Gasteiger partial charge on any atom is -0.312 e. The number of rotatable bonds is 7. The van der Waals surface area contributed by atoms with Crippen LogP contribution in [-0.2, 0) is 21.4 Å². The summed E-state index contributed by atoms with van der Waals surface area (Å²) in [6.45, 7) is 1.67. The summed E-state index contributed by atoms with van der Waals surface area (Å²) in [5.41, 5.74) is 0.915. The second-order valence-electron chi connectivity index (χ2n) is 5.60. The minimum absolute atomic E-state index is 0.191. The van der Waals surface area contributed by atoms with E-state index in [0.717, 1.165) is 10.6 Å². The maximum absolute atomic E-state index is 13.8. The predicted molar refractivity (Wildman–Crippen MR) is 96.1 cm³/mol. The number of carbonyl (C=O) groups excluding carboxylic acids is 1. The van der Waals surface area contributed by atoms with Crippen molar-refractivity contribution in [3.63, 3.8) is 0 Å². The molecular formula is C18H21FN2O3S. The number of anilines is 1. The molecule has 0 N–H and O–H groups in total. The highest BCUT2D eigenvalue weighted by Gasteiger charge is 2.24. The molecule has 2 rings (SSSR count). The van der Waals surface area contributed by atoms with Crippen LogP contribution in [0.2, 0.25) is 0 Å². The second kappa shape index (κ2) is 8.22. The average molecular weight is 364 g/mol. The standard InChI is InChI=1S/C18H21FN2O3S/c1-3-21(16-10-5-4-6-11-16)18(22)14-20(25(2,23)24)13-15-9-7-8-12-17(15)19/h4-12H,3,13-14H2,1-2H3. The molecule has 0 saturated carbocycles. The first-order valence-electron chi connectivity index (χ1n) is 7.87. The van der Waals surface area contributed by atoms with Crippen molar-refractivity contribution in [3.8, 4) is 0 Å². The highest BCUT2D eigenvalue weighted by molar-refractivity contribution is 7.88. The molecule has 25 heavy (non-hydrogen) atoms. The Bertz CT molecular complexity index is 825. The van der Waals surface area contributed by atoms with Crippen LogP contribution in [0.4, 0.5) is 10.1 Å². The van der Waals surface area contributed by atoms with Crippen LogP contribution < -0.4 is 4.90 Å². The van der Waals surface area contributed by atoms with E-state index < -0.39 is 15.8 Å². The lowest BCUT2D eigenvalue weighted by Crippen LogP contribution is -2.42. The van der Waals surface area contributed by atoms with Gasteiger partial charge in [-0.05, 0) is 25.1 Å². The normalized spacial score (nSPS) is 11.5. The van der Waals surface area contributed by atoms with Gasteiger partial charge in [-0.15, -0.1) is 0 Å². The van der Waals surface area contributed by atoms with Gasteiger partial charge in [-0.3, -0.25) is 4.79 Å². The van der Waals surface area contributed by atoms with Crippen molar-refractivity contribution in [2.75, 3.05) is 24.2 Å². The molecule has 0 aliphatic rings. The van der Waals surface area contributed by atoms with E-state index in [1.165, 1.54) is 23.1 Å². The number of carbonyl (C=O) groups is 1. The van der Waals surface area contributed by atoms with Crippen molar-refractivity contribution < 1.29 is 17.6 Å². The molecule has 5 nitrogen and oxygen atoms in total. The fourth-order valence-electron chi connectivity index (χ4n) is 2.45. The SMILES string of the molecule is CCN(C(=O)CN(Cc1ccccc1F)S(C)(=O)=O)c1ccccc1. The summed E-state index contributed by atoms with van der Waals surface area (Å²) in [6, 6.07) is 14.9. The number of nitrogens with zero attached hydrogens (tertiary/aromatic N) is 2. The van der Waals surface area contributed by atoms with E-state index in [2.05, 4.69) is 0 Å². The molecule has 2 aromatic carbocycles. The number of sulfonamides is 1. The molecule has 0 heterocycles. The summed E-state index contributed by atoms with van der Waals surface area (Å²) in [5.74, 6) is -0.866. The fourth-order valence-corrected chi connectivity index (χ4v) is 3.17. The summed E-state index contributed by atoms with van der Waals surface area (Å²) >= 11 is 0. The quantitative estimate of drug-likeness (QED) is 0.759. The van der Waals surface area contributed by atoms with Gasteiger partial charge in [0.05, 0.1) is 12.8 Å². The largest absolute Gasteiger partial charge is 0.312 e. The first kappa shape index (κ1) is 19.1. The minimum atomic E-state index is -3.68. The number of halogens is 1. The van der Waals surface area contributed by atoms with E-state index in [0.29, 0.717) is 12.2 Å². The van der Waals surface area contributed by atoms with E-state index in [1.807, 2.05) is 13.0 Å². The topological polar surface area (TPSA) is 57.7 Å². The first-order chi connectivity index (χ1) is 11.8. The van der Waals surface area contributed by atoms with E-state index in [4.69, 9.17) is 0 Å². The Labute approximate surface area is 147 Å². The zero-order valence-corrected chi connectivity index (χ0v) is 15.0. The maximum atomic E-state index is 13.8. The van der Waals surface area contributed by atoms with Crippen LogP contribution in [0.5, 0.6) is 0 Å². The number of hydrogen-bond acceptors (Lipinski definition) is 3. The first-order valence-corrected chi connectivity index (χ1v) is 9.71. The number of amides is 1. The Hall–Kier alpha value is -2.25. The molecule has 0 saturated heterocycles. The van der Waals surface area contributed by atoms with E-state index in [1.54, 1.807) is 30.3 Å². The third kappa shape index (κ3) is 5.11. The molecule has 7 heteroatoms. The molecule has 134 valence electrons. The number of benzene rings is 2. The summed E-state index contributed by atoms with van der Waals surface area (Å²) < 4.78 is 39.0. The van der Waals surface area contributed by atoms with E-state index in [9.17, 15) is 17.6 Å². The van der Waals surface area contributed by atoms with Crippen LogP contribution in [0.1, 0.15) is 12.5 Å². The van der Waals surface area contributed by atoms with Crippen molar-refractivity contribution in [2.24, 2.45) is 0 Å². The molecule has 0 aliphatic carbocycles. The molecule has 0 atom stereocenters. The van der Waals surface area contributed by atoms with Crippen LogP contribution in [0.25, 0.3) is 0 Å². The van der Waals surface area contributed by atoms with Crippen LogP contribution in [-0.4, -0.2) is 38.0 Å². The van der Waals surface area contributed by atoms with E-state index in [-0.39, 0.29) is 24.6 Å². The second-order valence-corrected chi connectivity index (χ2v) is 7.58. The molecule has 0 radical (unpaired) electrons. The zero-order valence-electron chi connectivity index (χ0n) is 14.2. The van der Waals surface area contributed by atoms with Gasteiger partial charge in [-0.2, -0.15) is 4.31 Å². The summed E-state index contributed by atoms with van der Waals surface area (Å²) in [6.07, 6.45) is 1.01. The van der Waals surface area contributed by atoms with Gasteiger partial charge in [0.2, 0.25) is 15.9 Å². The van der Waals surface area contributed by atoms with Gasteiger partial charge < -0.3 is 4.90 Å². The summed E-state index contributed by atoms with van der Waals surface area (Å²) in [4.78, 5) is 14.1. The average Bonchev–Trinajstić information content (AvgIpc) is 2.57. The van der Waals surface area contributed by atoms with Gasteiger partial charge in [-0.1, -0.05) is 36.4 Å². The molecule has 0 unspecified atom stereocenters. The molecule has 0 bridgehead atoms. The van der Waals surface area contributed by atoms with E-state index >= 15 is 0 Å². The molecule has 0 spiro atoms. The van der Waals surface area contributed by atoms with Gasteiger partial charge >= 0.3 is 0 Å². The molecule has 0 aliphatic heterocycles. The van der Waals surface area contributed by atoms with Gasteiger partial charge in [0.15, 0.2) is 0 Å². The van der Waals surface area contributed by atoms with Crippen molar-refractivity contribution in [3.05, 3.63) is 66.0 Å². The Kier molecular flexibility index (Phi) is 6.27. The fraction of sp³-hybridized carbons (Fsp3) is 0.278. The lowest BCUT2D eigenvalue weighted by Gasteiger charge is -2.25. The monoisotopic (exact) mass is 364 g/mol. The highest BCUT2D eigenvalue weighted by Crippen LogP contribution is 2.16. The summed E-state index contributed by atoms with van der Waals surface area (Å²) in [5, 5.41) is 0. The third-order valence-corrected chi connectivity index (χ3v) is 4.97. The molecule has 1 amide bonds. The predicted octanol–water partition coefficient (Wildman–Crippen LogP) is 2.64. The van der Waals surface area contributed by atoms with Crippen molar-refractivity contribution in [1.82, 2.24) is 4.31 Å². The van der Waals surface area contributed by atoms with Gasteiger partial charge in [0, 0.05) is 24.3 Å². The van der Waals surface area contributed by atoms with Crippen LogP contribution >= 0.6 is 0 Å². The highest BCUT2D eigenvalue weighted by atomic mass is 32.2. The number of para-hydroxylation sites is 1. The molecule has 0 aromatic heterocycles. The van der Waals surface area contributed by atoms with Crippen LogP contribution in [0, 0.1) is 5.82 Å². The zero-order chi connectivity index (χ0) is 18.4. The molecule has 0 fully saturated rings. The van der Waals surface area contributed by atoms with Gasteiger partial charge in [0.1, 0.15) is 5.82 Å². The summed E-state index contributed by atoms with van der Waals surface area (Å²) in [7, 11) is -3.68. The van der Waals surface area contributed by atoms with Crippen LogP contribution in [0.15, 0.2) is 54.6 Å². The van der Waals surface area contributed by atoms with Crippen molar-refractivity contribution in [2.45, 2.75) is 13.5 Å². The smallest absolute Gasteiger partial charge is 0.242 e.